The SMILES string of the molecule is Cc1ccc(C(O)(c2ccccc2)c2ccncc2)cc1. The van der Waals surface area contributed by atoms with Gasteiger partial charge in [-0.1, -0.05) is 60.2 Å². The second-order valence-corrected chi connectivity index (χ2v) is 5.18. The Morgan fingerprint density at radius 1 is 0.714 bits per heavy atom. The summed E-state index contributed by atoms with van der Waals surface area (Å²) in [6.07, 6.45) is 3.41. The molecule has 1 unspecified atom stereocenters. The van der Waals surface area contributed by atoms with Crippen molar-refractivity contribution in [1.29, 1.82) is 0 Å². The standard InChI is InChI=1S/C19H17NO/c1-15-7-9-17(10-8-15)19(21,16-5-3-2-4-6-16)18-11-13-20-14-12-18/h2-14,21H,1H3. The van der Waals surface area contributed by atoms with E-state index in [9.17, 15) is 5.11 Å². The zero-order valence-corrected chi connectivity index (χ0v) is 11.9. The number of pyridine rings is 1. The van der Waals surface area contributed by atoms with Gasteiger partial charge in [-0.25, -0.2) is 0 Å². The Morgan fingerprint density at radius 2 is 1.24 bits per heavy atom. The Labute approximate surface area is 124 Å². The van der Waals surface area contributed by atoms with Crippen LogP contribution < -0.4 is 0 Å². The molecular formula is C19H17NO. The third kappa shape index (κ3) is 2.46. The van der Waals surface area contributed by atoms with Gasteiger partial charge in [0.1, 0.15) is 5.60 Å². The molecule has 0 bridgehead atoms. The van der Waals surface area contributed by atoms with E-state index in [1.165, 1.54) is 5.56 Å². The van der Waals surface area contributed by atoms with Gasteiger partial charge in [-0.05, 0) is 35.7 Å². The highest BCUT2D eigenvalue weighted by atomic mass is 16.3. The van der Waals surface area contributed by atoms with Crippen molar-refractivity contribution in [1.82, 2.24) is 4.98 Å². The summed E-state index contributed by atoms with van der Waals surface area (Å²) in [5.41, 5.74) is 2.51. The topological polar surface area (TPSA) is 33.1 Å². The second-order valence-electron chi connectivity index (χ2n) is 5.18. The lowest BCUT2D eigenvalue weighted by Crippen LogP contribution is -2.28. The van der Waals surface area contributed by atoms with Gasteiger partial charge in [0.25, 0.3) is 0 Å². The van der Waals surface area contributed by atoms with Gasteiger partial charge in [-0.3, -0.25) is 4.98 Å². The zero-order valence-electron chi connectivity index (χ0n) is 11.9. The molecule has 0 aliphatic heterocycles. The van der Waals surface area contributed by atoms with E-state index in [1.807, 2.05) is 73.7 Å². The monoisotopic (exact) mass is 275 g/mol. The molecule has 0 aliphatic rings. The van der Waals surface area contributed by atoms with Gasteiger partial charge in [0.15, 0.2) is 0 Å². The van der Waals surface area contributed by atoms with Crippen LogP contribution in [0.3, 0.4) is 0 Å². The number of rotatable bonds is 3. The first kappa shape index (κ1) is 13.5. The Bertz CT molecular complexity index is 666. The summed E-state index contributed by atoms with van der Waals surface area (Å²) in [4.78, 5) is 4.05. The summed E-state index contributed by atoms with van der Waals surface area (Å²) >= 11 is 0. The molecule has 3 aromatic rings. The minimum atomic E-state index is -1.17. The summed E-state index contributed by atoms with van der Waals surface area (Å²) in [5, 5.41) is 11.5. The van der Waals surface area contributed by atoms with E-state index in [0.717, 1.165) is 16.7 Å². The molecule has 0 aliphatic carbocycles. The van der Waals surface area contributed by atoms with E-state index in [4.69, 9.17) is 0 Å². The first-order chi connectivity index (χ1) is 10.2. The Kier molecular flexibility index (Phi) is 3.55. The molecule has 0 fully saturated rings. The third-order valence-electron chi connectivity index (χ3n) is 3.76. The quantitative estimate of drug-likeness (QED) is 0.791. The molecular weight excluding hydrogens is 258 g/mol. The zero-order chi connectivity index (χ0) is 14.7. The predicted molar refractivity (Wildman–Crippen MR) is 84.0 cm³/mol. The predicted octanol–water partition coefficient (Wildman–Crippen LogP) is 3.67. The number of aliphatic hydroxyl groups is 1. The highest BCUT2D eigenvalue weighted by Crippen LogP contribution is 2.36. The van der Waals surface area contributed by atoms with E-state index < -0.39 is 5.60 Å². The lowest BCUT2D eigenvalue weighted by Gasteiger charge is -2.30. The maximum absolute atomic E-state index is 11.5. The number of nitrogens with zero attached hydrogens (tertiary/aromatic N) is 1. The molecule has 0 saturated heterocycles. The molecule has 0 amide bonds. The van der Waals surface area contributed by atoms with Crippen molar-refractivity contribution in [3.05, 3.63) is 101 Å². The first-order valence-electron chi connectivity index (χ1n) is 6.97. The Hall–Kier alpha value is -2.45. The summed E-state index contributed by atoms with van der Waals surface area (Å²) in [6.45, 7) is 2.04. The van der Waals surface area contributed by atoms with Crippen LogP contribution in [0, 0.1) is 6.92 Å². The number of aromatic nitrogens is 1. The molecule has 1 atom stereocenters. The summed E-state index contributed by atoms with van der Waals surface area (Å²) in [7, 11) is 0. The maximum Gasteiger partial charge on any atom is 0.140 e. The highest BCUT2D eigenvalue weighted by Gasteiger charge is 2.33. The van der Waals surface area contributed by atoms with Gasteiger partial charge in [0.05, 0.1) is 0 Å². The van der Waals surface area contributed by atoms with Crippen molar-refractivity contribution >= 4 is 0 Å². The summed E-state index contributed by atoms with van der Waals surface area (Å²) in [5.74, 6) is 0. The average molecular weight is 275 g/mol. The summed E-state index contributed by atoms with van der Waals surface area (Å²) < 4.78 is 0. The van der Waals surface area contributed by atoms with E-state index in [2.05, 4.69) is 4.98 Å². The highest BCUT2D eigenvalue weighted by molar-refractivity contribution is 5.46. The van der Waals surface area contributed by atoms with Crippen LogP contribution in [0.4, 0.5) is 0 Å². The van der Waals surface area contributed by atoms with Crippen LogP contribution in [0.15, 0.2) is 79.1 Å². The number of aryl methyl sites for hydroxylation is 1. The van der Waals surface area contributed by atoms with Crippen LogP contribution in [-0.4, -0.2) is 10.1 Å². The fraction of sp³-hybridized carbons (Fsp3) is 0.105. The van der Waals surface area contributed by atoms with Crippen LogP contribution in [0.2, 0.25) is 0 Å². The molecule has 1 N–H and O–H groups in total. The number of benzene rings is 2. The molecule has 0 spiro atoms. The molecule has 2 nitrogen and oxygen atoms in total. The van der Waals surface area contributed by atoms with Crippen molar-refractivity contribution in [2.45, 2.75) is 12.5 Å². The van der Waals surface area contributed by atoms with Gasteiger partial charge in [-0.2, -0.15) is 0 Å². The van der Waals surface area contributed by atoms with Gasteiger partial charge < -0.3 is 5.11 Å². The average Bonchev–Trinajstić information content (AvgIpc) is 2.56. The fourth-order valence-corrected chi connectivity index (χ4v) is 2.57. The molecule has 3 rings (SSSR count). The molecule has 2 aromatic carbocycles. The van der Waals surface area contributed by atoms with Crippen LogP contribution >= 0.6 is 0 Å². The number of hydrogen-bond donors (Lipinski definition) is 1. The lowest BCUT2D eigenvalue weighted by molar-refractivity contribution is 0.125. The fourth-order valence-electron chi connectivity index (χ4n) is 2.57. The van der Waals surface area contributed by atoms with Gasteiger partial charge >= 0.3 is 0 Å². The molecule has 0 radical (unpaired) electrons. The van der Waals surface area contributed by atoms with Gasteiger partial charge in [-0.15, -0.1) is 0 Å². The number of hydrogen-bond acceptors (Lipinski definition) is 2. The van der Waals surface area contributed by atoms with Crippen LogP contribution in [0.25, 0.3) is 0 Å². The van der Waals surface area contributed by atoms with E-state index in [-0.39, 0.29) is 0 Å². The summed E-state index contributed by atoms with van der Waals surface area (Å²) in [6, 6.07) is 21.4. The molecule has 21 heavy (non-hydrogen) atoms. The van der Waals surface area contributed by atoms with Crippen LogP contribution in [-0.2, 0) is 5.60 Å². The van der Waals surface area contributed by atoms with Crippen molar-refractivity contribution in [2.24, 2.45) is 0 Å². The largest absolute Gasteiger partial charge is 0.376 e. The normalized spacial score (nSPS) is 13.6. The second kappa shape index (κ2) is 5.51. The molecule has 0 saturated carbocycles. The Balaban J connectivity index is 2.23. The van der Waals surface area contributed by atoms with Crippen molar-refractivity contribution in [2.75, 3.05) is 0 Å². The van der Waals surface area contributed by atoms with E-state index >= 15 is 0 Å². The van der Waals surface area contributed by atoms with Crippen molar-refractivity contribution in [3.8, 4) is 0 Å². The molecule has 1 aromatic heterocycles. The van der Waals surface area contributed by atoms with Crippen LogP contribution in [0.1, 0.15) is 22.3 Å². The van der Waals surface area contributed by atoms with Crippen molar-refractivity contribution < 1.29 is 5.11 Å². The molecule has 104 valence electrons. The third-order valence-corrected chi connectivity index (χ3v) is 3.76. The first-order valence-corrected chi connectivity index (χ1v) is 6.97. The smallest absolute Gasteiger partial charge is 0.140 e. The Morgan fingerprint density at radius 3 is 1.86 bits per heavy atom. The molecule has 2 heteroatoms. The minimum Gasteiger partial charge on any atom is -0.376 e. The molecule has 1 heterocycles. The van der Waals surface area contributed by atoms with Crippen molar-refractivity contribution in [3.63, 3.8) is 0 Å². The maximum atomic E-state index is 11.5. The van der Waals surface area contributed by atoms with Crippen LogP contribution in [0.5, 0.6) is 0 Å². The van der Waals surface area contributed by atoms with Gasteiger partial charge in [0.2, 0.25) is 0 Å². The lowest BCUT2D eigenvalue weighted by atomic mass is 9.80. The minimum absolute atomic E-state index is 0.813. The van der Waals surface area contributed by atoms with E-state index in [1.54, 1.807) is 12.4 Å². The van der Waals surface area contributed by atoms with Gasteiger partial charge in [0, 0.05) is 12.4 Å². The van der Waals surface area contributed by atoms with E-state index in [0.29, 0.717) is 0 Å².